The van der Waals surface area contributed by atoms with Gasteiger partial charge in [0.1, 0.15) is 0 Å². The molecule has 0 saturated heterocycles. The minimum absolute atomic E-state index is 0.643. The lowest BCUT2D eigenvalue weighted by atomic mass is 9.90. The third-order valence-electron chi connectivity index (χ3n) is 3.67. The van der Waals surface area contributed by atoms with Crippen LogP contribution < -0.4 is 5.43 Å². The highest BCUT2D eigenvalue weighted by Crippen LogP contribution is 2.25. The number of nitrogens with zero attached hydrogens (tertiary/aromatic N) is 2. The zero-order valence-corrected chi connectivity index (χ0v) is 12.3. The lowest BCUT2D eigenvalue weighted by molar-refractivity contribution is 0.445. The lowest BCUT2D eigenvalue weighted by Crippen LogP contribution is -2.08. The van der Waals surface area contributed by atoms with Crippen molar-refractivity contribution in [3.63, 3.8) is 0 Å². The van der Waals surface area contributed by atoms with Gasteiger partial charge in [0.2, 0.25) is 5.13 Å². The highest BCUT2D eigenvalue weighted by Gasteiger charge is 2.10. The van der Waals surface area contributed by atoms with Crippen LogP contribution in [-0.4, -0.2) is 11.2 Å². The van der Waals surface area contributed by atoms with Gasteiger partial charge in [0.05, 0.1) is 5.69 Å². The van der Waals surface area contributed by atoms with Gasteiger partial charge in [-0.2, -0.15) is 5.10 Å². The average molecular weight is 285 g/mol. The molecule has 1 fully saturated rings. The van der Waals surface area contributed by atoms with E-state index in [9.17, 15) is 0 Å². The fraction of sp³-hybridized carbons (Fsp3) is 0.375. The maximum atomic E-state index is 4.56. The Labute approximate surface area is 123 Å². The van der Waals surface area contributed by atoms with Crippen molar-refractivity contribution in [2.75, 3.05) is 5.43 Å². The van der Waals surface area contributed by atoms with Crippen molar-refractivity contribution in [3.8, 4) is 11.3 Å². The number of benzene rings is 1. The Bertz CT molecular complexity index is 556. The van der Waals surface area contributed by atoms with Gasteiger partial charge >= 0.3 is 0 Å². The van der Waals surface area contributed by atoms with E-state index in [1.807, 2.05) is 18.2 Å². The number of hydrogen-bond donors (Lipinski definition) is 1. The smallest absolute Gasteiger partial charge is 0.203 e. The van der Waals surface area contributed by atoms with Crippen LogP contribution in [-0.2, 0) is 0 Å². The van der Waals surface area contributed by atoms with Crippen LogP contribution in [0.25, 0.3) is 11.3 Å². The van der Waals surface area contributed by atoms with Gasteiger partial charge in [-0.05, 0) is 18.8 Å². The van der Waals surface area contributed by atoms with Crippen molar-refractivity contribution in [2.45, 2.75) is 32.1 Å². The molecule has 1 aliphatic rings. The van der Waals surface area contributed by atoms with Crippen molar-refractivity contribution < 1.29 is 0 Å². The number of aromatic nitrogens is 1. The number of thiazole rings is 1. The van der Waals surface area contributed by atoms with Crippen LogP contribution in [0.15, 0.2) is 40.8 Å². The quantitative estimate of drug-likeness (QED) is 0.648. The second-order valence-corrected chi connectivity index (χ2v) is 6.05. The molecule has 3 rings (SSSR count). The second kappa shape index (κ2) is 6.66. The molecule has 1 aliphatic carbocycles. The highest BCUT2D eigenvalue weighted by atomic mass is 32.1. The monoisotopic (exact) mass is 285 g/mol. The topological polar surface area (TPSA) is 37.3 Å². The number of rotatable bonds is 4. The molecule has 3 nitrogen and oxygen atoms in total. The van der Waals surface area contributed by atoms with E-state index in [-0.39, 0.29) is 0 Å². The van der Waals surface area contributed by atoms with E-state index in [2.05, 4.69) is 39.2 Å². The molecule has 0 bridgehead atoms. The van der Waals surface area contributed by atoms with Crippen LogP contribution in [0.3, 0.4) is 0 Å². The van der Waals surface area contributed by atoms with Crippen LogP contribution >= 0.6 is 11.3 Å². The summed E-state index contributed by atoms with van der Waals surface area (Å²) >= 11 is 1.60. The Morgan fingerprint density at radius 3 is 2.75 bits per heavy atom. The minimum atomic E-state index is 0.643. The standard InChI is InChI=1S/C16H19N3S/c1-3-7-13(8-4-1)11-17-19-16-18-15(12-20-16)14-9-5-2-6-10-14/h2,5-6,9-13H,1,3-4,7-8H2,(H,18,19)/b17-11+. The van der Waals surface area contributed by atoms with Crippen molar-refractivity contribution in [1.82, 2.24) is 4.98 Å². The van der Waals surface area contributed by atoms with Crippen molar-refractivity contribution in [1.29, 1.82) is 0 Å². The molecular weight excluding hydrogens is 266 g/mol. The molecule has 0 amide bonds. The Hall–Kier alpha value is -1.68. The van der Waals surface area contributed by atoms with Gasteiger partial charge in [-0.3, -0.25) is 5.43 Å². The second-order valence-electron chi connectivity index (χ2n) is 5.19. The Morgan fingerprint density at radius 1 is 1.15 bits per heavy atom. The van der Waals surface area contributed by atoms with Crippen LogP contribution in [0.2, 0.25) is 0 Å². The third-order valence-corrected chi connectivity index (χ3v) is 4.42. The molecule has 104 valence electrons. The normalized spacial score (nSPS) is 16.6. The number of nitrogens with one attached hydrogen (secondary N) is 1. The zero-order chi connectivity index (χ0) is 13.6. The summed E-state index contributed by atoms with van der Waals surface area (Å²) in [5.74, 6) is 0.643. The first-order valence-corrected chi connectivity index (χ1v) is 8.10. The van der Waals surface area contributed by atoms with Gasteiger partial charge in [0.15, 0.2) is 0 Å². The molecule has 0 unspecified atom stereocenters. The maximum absolute atomic E-state index is 4.56. The summed E-state index contributed by atoms with van der Waals surface area (Å²) < 4.78 is 0. The highest BCUT2D eigenvalue weighted by molar-refractivity contribution is 7.14. The SMILES string of the molecule is C(=N\Nc1nc(-c2ccccc2)cs1)/C1CCCCC1. The molecular formula is C16H19N3S. The Kier molecular flexibility index (Phi) is 4.43. The molecule has 1 N–H and O–H groups in total. The molecule has 4 heteroatoms. The minimum Gasteiger partial charge on any atom is -0.253 e. The summed E-state index contributed by atoms with van der Waals surface area (Å²) in [6.07, 6.45) is 8.67. The predicted molar refractivity (Wildman–Crippen MR) is 86.2 cm³/mol. The summed E-state index contributed by atoms with van der Waals surface area (Å²) in [6, 6.07) is 10.2. The number of anilines is 1. The van der Waals surface area contributed by atoms with Crippen molar-refractivity contribution in [2.24, 2.45) is 11.0 Å². The van der Waals surface area contributed by atoms with Gasteiger partial charge < -0.3 is 0 Å². The first-order valence-electron chi connectivity index (χ1n) is 7.22. The van der Waals surface area contributed by atoms with Gasteiger partial charge in [-0.1, -0.05) is 49.6 Å². The summed E-state index contributed by atoms with van der Waals surface area (Å²) in [6.45, 7) is 0. The molecule has 0 spiro atoms. The molecule has 1 aromatic heterocycles. The molecule has 1 aromatic carbocycles. The largest absolute Gasteiger partial charge is 0.253 e. The van der Waals surface area contributed by atoms with Crippen LogP contribution in [0, 0.1) is 5.92 Å². The molecule has 0 aliphatic heterocycles. The van der Waals surface area contributed by atoms with Gasteiger partial charge in [0.25, 0.3) is 0 Å². The molecule has 0 atom stereocenters. The van der Waals surface area contributed by atoms with Gasteiger partial charge in [-0.15, -0.1) is 11.3 Å². The van der Waals surface area contributed by atoms with E-state index in [1.165, 1.54) is 32.1 Å². The van der Waals surface area contributed by atoms with Crippen LogP contribution in [0.5, 0.6) is 0 Å². The van der Waals surface area contributed by atoms with Gasteiger partial charge in [-0.25, -0.2) is 4.98 Å². The van der Waals surface area contributed by atoms with Gasteiger partial charge in [0, 0.05) is 17.2 Å². The summed E-state index contributed by atoms with van der Waals surface area (Å²) in [5, 5.41) is 7.27. The van der Waals surface area contributed by atoms with E-state index >= 15 is 0 Å². The van der Waals surface area contributed by atoms with Crippen molar-refractivity contribution >= 4 is 22.7 Å². The van der Waals surface area contributed by atoms with Crippen molar-refractivity contribution in [3.05, 3.63) is 35.7 Å². The van der Waals surface area contributed by atoms with Crippen LogP contribution in [0.1, 0.15) is 32.1 Å². The molecule has 20 heavy (non-hydrogen) atoms. The van der Waals surface area contributed by atoms with E-state index in [0.717, 1.165) is 16.4 Å². The van der Waals surface area contributed by atoms with E-state index in [1.54, 1.807) is 11.3 Å². The lowest BCUT2D eigenvalue weighted by Gasteiger charge is -2.16. The number of hydrogen-bond acceptors (Lipinski definition) is 4. The molecule has 1 heterocycles. The first kappa shape index (κ1) is 13.3. The maximum Gasteiger partial charge on any atom is 0.203 e. The summed E-state index contributed by atoms with van der Waals surface area (Å²) in [5.41, 5.74) is 5.21. The molecule has 1 saturated carbocycles. The third kappa shape index (κ3) is 3.45. The Morgan fingerprint density at radius 2 is 1.95 bits per heavy atom. The summed E-state index contributed by atoms with van der Waals surface area (Å²) in [7, 11) is 0. The van der Waals surface area contributed by atoms with E-state index in [4.69, 9.17) is 0 Å². The molecule has 0 radical (unpaired) electrons. The first-order chi connectivity index (χ1) is 9.92. The number of hydrazone groups is 1. The fourth-order valence-electron chi connectivity index (χ4n) is 2.55. The average Bonchev–Trinajstić information content (AvgIpc) is 2.98. The van der Waals surface area contributed by atoms with E-state index < -0.39 is 0 Å². The summed E-state index contributed by atoms with van der Waals surface area (Å²) in [4.78, 5) is 4.56. The van der Waals surface area contributed by atoms with Crippen LogP contribution in [0.4, 0.5) is 5.13 Å². The predicted octanol–water partition coefficient (Wildman–Crippen LogP) is 4.79. The molecule has 2 aromatic rings. The fourth-order valence-corrected chi connectivity index (χ4v) is 3.22. The zero-order valence-electron chi connectivity index (χ0n) is 11.5. The Balaban J connectivity index is 1.58. The van der Waals surface area contributed by atoms with E-state index in [0.29, 0.717) is 5.92 Å².